The van der Waals surface area contributed by atoms with Gasteiger partial charge in [-0.2, -0.15) is 13.2 Å². The summed E-state index contributed by atoms with van der Waals surface area (Å²) in [5, 5.41) is 4.07. The van der Waals surface area contributed by atoms with Gasteiger partial charge < -0.3 is 1.43 Å². The van der Waals surface area contributed by atoms with Gasteiger partial charge in [0.05, 0.1) is 0 Å². The second-order valence-electron chi connectivity index (χ2n) is 1.42. The van der Waals surface area contributed by atoms with Crippen molar-refractivity contribution in [3.8, 4) is 0 Å². The molecule has 0 rings (SSSR count). The summed E-state index contributed by atoms with van der Waals surface area (Å²) in [7, 11) is -4.41. The van der Waals surface area contributed by atoms with E-state index in [-0.39, 0.29) is 20.3 Å². The molecule has 0 spiro atoms. The molecule has 0 aromatic heterocycles. The number of sulfonamides is 1. The first-order valence-corrected chi connectivity index (χ1v) is 3.49. The normalized spacial score (nSPS) is 12.4. The zero-order valence-corrected chi connectivity index (χ0v) is 5.96. The van der Waals surface area contributed by atoms with E-state index in [2.05, 4.69) is 5.14 Å². The van der Waals surface area contributed by atoms with Crippen molar-refractivity contribution in [1.29, 1.82) is 0 Å². The van der Waals surface area contributed by atoms with Crippen LogP contribution >= 0.6 is 0 Å². The molecule has 0 fully saturated rings. The van der Waals surface area contributed by atoms with Crippen LogP contribution in [0.25, 0.3) is 0 Å². The average molecular weight is 171 g/mol. The van der Waals surface area contributed by atoms with Gasteiger partial charge in [0.1, 0.15) is 0 Å². The van der Waals surface area contributed by atoms with Crippen LogP contribution in [0.2, 0.25) is 0 Å². The van der Waals surface area contributed by atoms with Gasteiger partial charge >= 0.3 is 25.0 Å². The molecule has 0 aliphatic rings. The molecule has 0 bridgehead atoms. The van der Waals surface area contributed by atoms with Crippen LogP contribution in [0.5, 0.6) is 0 Å². The Balaban J connectivity index is -0.000000320. The van der Waals surface area contributed by atoms with Gasteiger partial charge in [-0.3, -0.25) is 0 Å². The third-order valence-electron chi connectivity index (χ3n) is 0.365. The van der Waals surface area contributed by atoms with Crippen LogP contribution in [0.3, 0.4) is 0 Å². The number of halogens is 3. The Kier molecular flexibility index (Phi) is 4.68. The Labute approximate surface area is 69.5 Å². The van der Waals surface area contributed by atoms with Gasteiger partial charge in [0, 0.05) is 0 Å². The molecular formula is C2H5F3LiNO2S. The first-order chi connectivity index (χ1) is 3.71. The fourth-order valence-corrected chi connectivity index (χ4v) is 0.684. The topological polar surface area (TPSA) is 60.2 Å². The van der Waals surface area contributed by atoms with Crippen LogP contribution in [-0.2, 0) is 10.0 Å². The molecule has 2 N–H and O–H groups in total. The number of hydrogen-bond donors (Lipinski definition) is 1. The SMILES string of the molecule is NS(=O)(=O)CC(F)(F)F.[H-].[Li+]. The number of hydrogen-bond acceptors (Lipinski definition) is 2. The van der Waals surface area contributed by atoms with Crippen LogP contribution in [0.15, 0.2) is 0 Å². The zero-order chi connectivity index (χ0) is 7.71. The van der Waals surface area contributed by atoms with Gasteiger partial charge in [-0.1, -0.05) is 0 Å². The molecule has 0 unspecified atom stereocenters. The fraction of sp³-hybridized carbons (Fsp3) is 1.00. The van der Waals surface area contributed by atoms with Gasteiger partial charge in [-0.25, -0.2) is 13.6 Å². The number of primary sulfonamides is 1. The second-order valence-corrected chi connectivity index (χ2v) is 3.04. The van der Waals surface area contributed by atoms with E-state index in [1.807, 2.05) is 0 Å². The van der Waals surface area contributed by atoms with Crippen LogP contribution in [0, 0.1) is 0 Å². The number of rotatable bonds is 1. The van der Waals surface area contributed by atoms with Crippen molar-refractivity contribution < 1.29 is 41.9 Å². The van der Waals surface area contributed by atoms with Crippen molar-refractivity contribution in [2.75, 3.05) is 5.75 Å². The van der Waals surface area contributed by atoms with E-state index in [1.54, 1.807) is 0 Å². The fourth-order valence-electron chi connectivity index (χ4n) is 0.228. The Morgan fingerprint density at radius 3 is 1.70 bits per heavy atom. The largest absolute Gasteiger partial charge is 1.00 e. The smallest absolute Gasteiger partial charge is 1.00 e. The summed E-state index contributed by atoms with van der Waals surface area (Å²) >= 11 is 0. The first kappa shape index (κ1) is 12.9. The van der Waals surface area contributed by atoms with E-state index in [0.717, 1.165) is 0 Å². The first-order valence-electron chi connectivity index (χ1n) is 1.78. The Morgan fingerprint density at radius 1 is 1.40 bits per heavy atom. The van der Waals surface area contributed by atoms with E-state index in [0.29, 0.717) is 0 Å². The summed E-state index contributed by atoms with van der Waals surface area (Å²) in [5.41, 5.74) is 0. The van der Waals surface area contributed by atoms with E-state index >= 15 is 0 Å². The van der Waals surface area contributed by atoms with Gasteiger partial charge in [-0.15, -0.1) is 0 Å². The van der Waals surface area contributed by atoms with Crippen molar-refractivity contribution in [2.45, 2.75) is 6.18 Å². The summed E-state index contributed by atoms with van der Waals surface area (Å²) in [6.07, 6.45) is -4.73. The molecular weight excluding hydrogens is 166 g/mol. The monoisotopic (exact) mass is 171 g/mol. The maximum absolute atomic E-state index is 11.1. The van der Waals surface area contributed by atoms with E-state index in [4.69, 9.17) is 0 Å². The molecule has 0 atom stereocenters. The van der Waals surface area contributed by atoms with E-state index in [1.165, 1.54) is 0 Å². The summed E-state index contributed by atoms with van der Waals surface area (Å²) in [6.45, 7) is 0. The predicted octanol–water partition coefficient (Wildman–Crippen LogP) is -3.05. The van der Waals surface area contributed by atoms with Crippen molar-refractivity contribution in [3.05, 3.63) is 0 Å². The molecule has 3 nitrogen and oxygen atoms in total. The Bertz CT molecular complexity index is 190. The quantitative estimate of drug-likeness (QED) is 0.426. The molecule has 0 aliphatic heterocycles. The zero-order valence-electron chi connectivity index (χ0n) is 6.14. The number of nitrogens with two attached hydrogens (primary N) is 1. The molecule has 0 aromatic rings. The molecule has 0 radical (unpaired) electrons. The Hall–Kier alpha value is 0.297. The minimum atomic E-state index is -4.73. The van der Waals surface area contributed by atoms with E-state index < -0.39 is 22.0 Å². The summed E-state index contributed by atoms with van der Waals surface area (Å²) in [5.74, 6) is -1.96. The molecule has 10 heavy (non-hydrogen) atoms. The van der Waals surface area contributed by atoms with E-state index in [9.17, 15) is 21.6 Å². The number of alkyl halides is 3. The molecule has 0 amide bonds. The molecule has 58 valence electrons. The molecule has 0 saturated heterocycles. The third kappa shape index (κ3) is 11.1. The third-order valence-corrected chi connectivity index (χ3v) is 1.09. The van der Waals surface area contributed by atoms with Crippen molar-refractivity contribution in [3.63, 3.8) is 0 Å². The molecule has 0 saturated carbocycles. The minimum absolute atomic E-state index is 0. The van der Waals surface area contributed by atoms with Crippen molar-refractivity contribution in [1.82, 2.24) is 0 Å². The van der Waals surface area contributed by atoms with Crippen molar-refractivity contribution in [2.24, 2.45) is 5.14 Å². The maximum atomic E-state index is 11.1. The van der Waals surface area contributed by atoms with Crippen LogP contribution in [0.1, 0.15) is 1.43 Å². The summed E-state index contributed by atoms with van der Waals surface area (Å²) < 4.78 is 52.7. The second kappa shape index (κ2) is 3.62. The summed E-state index contributed by atoms with van der Waals surface area (Å²) in [6, 6.07) is 0. The molecule has 0 aromatic carbocycles. The predicted molar refractivity (Wildman–Crippen MR) is 25.1 cm³/mol. The standard InChI is InChI=1S/C2H4F3NO2S.Li.H/c3-2(4,5)1-9(6,7)8;;/h1H2,(H2,6,7,8);;/q;+1;-1. The van der Waals surface area contributed by atoms with Gasteiger partial charge in [0.2, 0.25) is 10.0 Å². The van der Waals surface area contributed by atoms with Crippen LogP contribution in [0.4, 0.5) is 13.2 Å². The van der Waals surface area contributed by atoms with Gasteiger partial charge in [0.25, 0.3) is 0 Å². The Morgan fingerprint density at radius 2 is 1.70 bits per heavy atom. The molecule has 0 heterocycles. The molecule has 0 aliphatic carbocycles. The average Bonchev–Trinajstić information content (AvgIpc) is 1.14. The van der Waals surface area contributed by atoms with Gasteiger partial charge in [-0.05, 0) is 0 Å². The van der Waals surface area contributed by atoms with Gasteiger partial charge in [0.15, 0.2) is 5.75 Å². The maximum Gasteiger partial charge on any atom is 1.00 e. The summed E-state index contributed by atoms with van der Waals surface area (Å²) in [4.78, 5) is 0. The van der Waals surface area contributed by atoms with Crippen molar-refractivity contribution >= 4 is 10.0 Å². The van der Waals surface area contributed by atoms with Crippen LogP contribution in [-0.4, -0.2) is 20.3 Å². The van der Waals surface area contributed by atoms with Crippen LogP contribution < -0.4 is 24.0 Å². The minimum Gasteiger partial charge on any atom is -1.00 e. The molecule has 8 heteroatoms.